The SMILES string of the molecule is COC(CNC(=O)C(C)N)CC(=O)O. The molecule has 0 spiro atoms. The van der Waals surface area contributed by atoms with E-state index in [0.717, 1.165) is 0 Å². The van der Waals surface area contributed by atoms with Gasteiger partial charge in [-0.1, -0.05) is 0 Å². The van der Waals surface area contributed by atoms with Gasteiger partial charge in [0.25, 0.3) is 0 Å². The van der Waals surface area contributed by atoms with Crippen molar-refractivity contribution in [2.45, 2.75) is 25.5 Å². The highest BCUT2D eigenvalue weighted by atomic mass is 16.5. The Morgan fingerprint density at radius 1 is 1.57 bits per heavy atom. The van der Waals surface area contributed by atoms with Crippen LogP contribution in [0.1, 0.15) is 13.3 Å². The molecule has 0 bridgehead atoms. The van der Waals surface area contributed by atoms with Crippen molar-refractivity contribution >= 4 is 11.9 Å². The number of carbonyl (C=O) groups excluding carboxylic acids is 1. The van der Waals surface area contributed by atoms with Crippen LogP contribution in [0.3, 0.4) is 0 Å². The summed E-state index contributed by atoms with van der Waals surface area (Å²) in [5.74, 6) is -1.29. The quantitative estimate of drug-likeness (QED) is 0.512. The highest BCUT2D eigenvalue weighted by molar-refractivity contribution is 5.81. The van der Waals surface area contributed by atoms with Crippen molar-refractivity contribution in [1.82, 2.24) is 5.32 Å². The molecule has 0 heterocycles. The Kier molecular flexibility index (Phi) is 5.82. The molecule has 0 aliphatic rings. The third-order valence-electron chi connectivity index (χ3n) is 1.65. The fourth-order valence-corrected chi connectivity index (χ4v) is 0.809. The molecule has 4 N–H and O–H groups in total. The summed E-state index contributed by atoms with van der Waals surface area (Å²) in [7, 11) is 1.39. The molecule has 2 unspecified atom stereocenters. The first-order valence-electron chi connectivity index (χ1n) is 4.25. The summed E-state index contributed by atoms with van der Waals surface area (Å²) >= 11 is 0. The number of ether oxygens (including phenoxy) is 1. The lowest BCUT2D eigenvalue weighted by Crippen LogP contribution is -2.42. The second-order valence-corrected chi connectivity index (χ2v) is 2.99. The highest BCUT2D eigenvalue weighted by Gasteiger charge is 2.14. The molecule has 0 saturated carbocycles. The van der Waals surface area contributed by atoms with E-state index in [9.17, 15) is 9.59 Å². The van der Waals surface area contributed by atoms with E-state index < -0.39 is 18.1 Å². The molecule has 14 heavy (non-hydrogen) atoms. The fraction of sp³-hybridized carbons (Fsp3) is 0.750. The lowest BCUT2D eigenvalue weighted by molar-refractivity contribution is -0.140. The molecular weight excluding hydrogens is 188 g/mol. The minimum atomic E-state index is -0.966. The van der Waals surface area contributed by atoms with Crippen molar-refractivity contribution in [1.29, 1.82) is 0 Å². The van der Waals surface area contributed by atoms with E-state index in [4.69, 9.17) is 15.6 Å². The number of nitrogens with two attached hydrogens (primary N) is 1. The number of carboxylic acids is 1. The molecule has 0 aromatic carbocycles. The Morgan fingerprint density at radius 3 is 2.50 bits per heavy atom. The van der Waals surface area contributed by atoms with Gasteiger partial charge in [-0.2, -0.15) is 0 Å². The molecule has 6 nitrogen and oxygen atoms in total. The topological polar surface area (TPSA) is 102 Å². The number of amides is 1. The maximum atomic E-state index is 11.0. The van der Waals surface area contributed by atoms with Gasteiger partial charge in [-0.25, -0.2) is 0 Å². The number of methoxy groups -OCH3 is 1. The van der Waals surface area contributed by atoms with E-state index in [-0.39, 0.29) is 18.9 Å². The molecule has 0 saturated heterocycles. The van der Waals surface area contributed by atoms with Crippen molar-refractivity contribution in [3.05, 3.63) is 0 Å². The predicted molar refractivity (Wildman–Crippen MR) is 49.7 cm³/mol. The van der Waals surface area contributed by atoms with Gasteiger partial charge in [0.05, 0.1) is 18.6 Å². The largest absolute Gasteiger partial charge is 0.481 e. The maximum Gasteiger partial charge on any atom is 0.306 e. The van der Waals surface area contributed by atoms with Crippen LogP contribution >= 0.6 is 0 Å². The van der Waals surface area contributed by atoms with Crippen LogP contribution in [0.4, 0.5) is 0 Å². The average Bonchev–Trinajstić information content (AvgIpc) is 2.10. The number of hydrogen-bond donors (Lipinski definition) is 3. The number of aliphatic carboxylic acids is 1. The number of carboxylic acid groups (broad SMARTS) is 1. The summed E-state index contributed by atoms with van der Waals surface area (Å²) in [6, 6.07) is -0.600. The van der Waals surface area contributed by atoms with Crippen molar-refractivity contribution < 1.29 is 19.4 Å². The van der Waals surface area contributed by atoms with Gasteiger partial charge in [0.15, 0.2) is 0 Å². The van der Waals surface area contributed by atoms with Crippen molar-refractivity contribution in [2.75, 3.05) is 13.7 Å². The Morgan fingerprint density at radius 2 is 2.14 bits per heavy atom. The summed E-state index contributed by atoms with van der Waals surface area (Å²) in [5, 5.41) is 11.0. The zero-order chi connectivity index (χ0) is 11.1. The lowest BCUT2D eigenvalue weighted by atomic mass is 10.2. The number of hydrogen-bond acceptors (Lipinski definition) is 4. The van der Waals surface area contributed by atoms with Crippen LogP contribution in [-0.2, 0) is 14.3 Å². The zero-order valence-electron chi connectivity index (χ0n) is 8.32. The number of nitrogens with one attached hydrogen (secondary N) is 1. The molecule has 0 radical (unpaired) electrons. The minimum absolute atomic E-state index is 0.143. The van der Waals surface area contributed by atoms with Crippen molar-refractivity contribution in [3.63, 3.8) is 0 Å². The van der Waals surface area contributed by atoms with Crippen molar-refractivity contribution in [3.8, 4) is 0 Å². The van der Waals surface area contributed by atoms with E-state index in [1.165, 1.54) is 7.11 Å². The van der Waals surface area contributed by atoms with Gasteiger partial charge < -0.3 is 20.9 Å². The summed E-state index contributed by atoms with van der Waals surface area (Å²) < 4.78 is 4.85. The molecule has 82 valence electrons. The monoisotopic (exact) mass is 204 g/mol. The first-order chi connectivity index (χ1) is 6.47. The van der Waals surface area contributed by atoms with Gasteiger partial charge in [0.2, 0.25) is 5.91 Å². The van der Waals surface area contributed by atoms with Crippen LogP contribution < -0.4 is 11.1 Å². The van der Waals surface area contributed by atoms with Gasteiger partial charge in [0, 0.05) is 13.7 Å². The molecule has 0 aromatic rings. The second-order valence-electron chi connectivity index (χ2n) is 2.99. The molecule has 0 aliphatic carbocycles. The van der Waals surface area contributed by atoms with Crippen molar-refractivity contribution in [2.24, 2.45) is 5.73 Å². The highest BCUT2D eigenvalue weighted by Crippen LogP contribution is 1.95. The number of carbonyl (C=O) groups is 2. The minimum Gasteiger partial charge on any atom is -0.481 e. The molecule has 1 amide bonds. The van der Waals surface area contributed by atoms with Gasteiger partial charge in [0.1, 0.15) is 0 Å². The molecular formula is C8H16N2O4. The Hall–Kier alpha value is -1.14. The summed E-state index contributed by atoms with van der Waals surface area (Å²) in [6.45, 7) is 1.71. The summed E-state index contributed by atoms with van der Waals surface area (Å²) in [5.41, 5.74) is 5.30. The second kappa shape index (κ2) is 6.33. The van der Waals surface area contributed by atoms with Gasteiger partial charge in [-0.3, -0.25) is 9.59 Å². The summed E-state index contributed by atoms with van der Waals surface area (Å²) in [6.07, 6.45) is -0.661. The van der Waals surface area contributed by atoms with Gasteiger partial charge in [-0.15, -0.1) is 0 Å². The normalized spacial score (nSPS) is 14.5. The Bertz CT molecular complexity index is 206. The van der Waals surface area contributed by atoms with Crippen LogP contribution in [0.2, 0.25) is 0 Å². The third kappa shape index (κ3) is 5.50. The van der Waals surface area contributed by atoms with Crippen LogP contribution in [0.15, 0.2) is 0 Å². The molecule has 0 aliphatic heterocycles. The molecule has 6 heteroatoms. The van der Waals surface area contributed by atoms with Gasteiger partial charge in [-0.05, 0) is 6.92 Å². The van der Waals surface area contributed by atoms with E-state index >= 15 is 0 Å². The zero-order valence-corrected chi connectivity index (χ0v) is 8.32. The van der Waals surface area contributed by atoms with Crippen LogP contribution in [-0.4, -0.2) is 42.8 Å². The Labute approximate surface area is 82.4 Å². The smallest absolute Gasteiger partial charge is 0.306 e. The van der Waals surface area contributed by atoms with Gasteiger partial charge >= 0.3 is 5.97 Å². The van der Waals surface area contributed by atoms with E-state index in [1.807, 2.05) is 0 Å². The molecule has 0 fully saturated rings. The standard InChI is InChI=1S/C8H16N2O4/c1-5(9)8(13)10-4-6(14-2)3-7(11)12/h5-6H,3-4,9H2,1-2H3,(H,10,13)(H,11,12). The fourth-order valence-electron chi connectivity index (χ4n) is 0.809. The molecule has 0 rings (SSSR count). The third-order valence-corrected chi connectivity index (χ3v) is 1.65. The summed E-state index contributed by atoms with van der Waals surface area (Å²) in [4.78, 5) is 21.3. The Balaban J connectivity index is 3.83. The van der Waals surface area contributed by atoms with E-state index in [0.29, 0.717) is 0 Å². The predicted octanol–water partition coefficient (Wildman–Crippen LogP) is -1.06. The number of rotatable bonds is 6. The van der Waals surface area contributed by atoms with Crippen LogP contribution in [0, 0.1) is 0 Å². The molecule has 2 atom stereocenters. The van der Waals surface area contributed by atoms with Crippen LogP contribution in [0.25, 0.3) is 0 Å². The van der Waals surface area contributed by atoms with E-state index in [1.54, 1.807) is 6.92 Å². The first-order valence-corrected chi connectivity index (χ1v) is 4.25. The maximum absolute atomic E-state index is 11.0. The molecule has 0 aromatic heterocycles. The first kappa shape index (κ1) is 12.9. The lowest BCUT2D eigenvalue weighted by Gasteiger charge is -2.14. The van der Waals surface area contributed by atoms with Crippen LogP contribution in [0.5, 0.6) is 0 Å². The average molecular weight is 204 g/mol. The van der Waals surface area contributed by atoms with E-state index in [2.05, 4.69) is 5.32 Å².